The van der Waals surface area contributed by atoms with Crippen molar-refractivity contribution in [2.24, 2.45) is 0 Å². The fourth-order valence-corrected chi connectivity index (χ4v) is 3.48. The van der Waals surface area contributed by atoms with Crippen LogP contribution in [-0.4, -0.2) is 19.7 Å². The summed E-state index contributed by atoms with van der Waals surface area (Å²) in [6.07, 6.45) is 0. The Morgan fingerprint density at radius 2 is 1.80 bits per heavy atom. The van der Waals surface area contributed by atoms with Crippen LogP contribution in [0.5, 0.6) is 0 Å². The largest absolute Gasteiger partial charge is 0.332 e. The first-order chi connectivity index (χ1) is 12.2. The van der Waals surface area contributed by atoms with Crippen LogP contribution in [0.1, 0.15) is 5.56 Å². The van der Waals surface area contributed by atoms with E-state index >= 15 is 0 Å². The van der Waals surface area contributed by atoms with Gasteiger partial charge in [-0.25, -0.2) is 4.52 Å². The molecule has 4 rings (SSSR count). The minimum atomic E-state index is 0.460. The zero-order valence-corrected chi connectivity index (χ0v) is 15.1. The van der Waals surface area contributed by atoms with Crippen molar-refractivity contribution in [3.8, 4) is 11.3 Å². The number of aromatic nitrogens is 3. The first kappa shape index (κ1) is 15.7. The van der Waals surface area contributed by atoms with Gasteiger partial charge >= 0.3 is 0 Å². The van der Waals surface area contributed by atoms with Crippen LogP contribution in [0.2, 0.25) is 0 Å². The Bertz CT molecular complexity index is 1020. The van der Waals surface area contributed by atoms with E-state index in [4.69, 9.17) is 12.2 Å². The number of thiocarbonyl (C=S) groups is 1. The zero-order valence-electron chi connectivity index (χ0n) is 13.4. The number of hydrogen-bond donors (Lipinski definition) is 2. The number of nitrogens with one attached hydrogen (secondary N) is 2. The first-order valence-corrected chi connectivity index (χ1v) is 9.02. The second kappa shape index (κ2) is 6.62. The smallest absolute Gasteiger partial charge is 0.250 e. The summed E-state index contributed by atoms with van der Waals surface area (Å²) in [4.78, 5) is 5.31. The number of hydrogen-bond acceptors (Lipinski definition) is 4. The normalized spacial score (nSPS) is 10.8. The molecule has 0 fully saturated rings. The van der Waals surface area contributed by atoms with Crippen molar-refractivity contribution in [3.05, 3.63) is 65.5 Å². The molecular formula is C18H15N5S2. The topological polar surface area (TPSA) is 54.2 Å². The third kappa shape index (κ3) is 3.38. The molecule has 124 valence electrons. The van der Waals surface area contributed by atoms with Crippen LogP contribution < -0.4 is 10.6 Å². The van der Waals surface area contributed by atoms with Gasteiger partial charge in [-0.3, -0.25) is 5.32 Å². The summed E-state index contributed by atoms with van der Waals surface area (Å²) in [6, 6.07) is 18.1. The van der Waals surface area contributed by atoms with Crippen molar-refractivity contribution >= 4 is 45.3 Å². The van der Waals surface area contributed by atoms with Crippen LogP contribution in [0.15, 0.2) is 60.0 Å². The van der Waals surface area contributed by atoms with Crippen molar-refractivity contribution in [2.45, 2.75) is 6.92 Å². The van der Waals surface area contributed by atoms with Gasteiger partial charge in [0.2, 0.25) is 10.9 Å². The van der Waals surface area contributed by atoms with Gasteiger partial charge in [-0.15, -0.1) is 16.4 Å². The lowest BCUT2D eigenvalue weighted by Crippen LogP contribution is -2.19. The Labute approximate surface area is 154 Å². The van der Waals surface area contributed by atoms with Gasteiger partial charge in [0.05, 0.1) is 5.69 Å². The maximum atomic E-state index is 5.33. The SMILES string of the molecule is Cc1ccc(-c2csc3nc(NC(=S)Nc4ccccc4)nn23)cc1. The van der Waals surface area contributed by atoms with E-state index < -0.39 is 0 Å². The van der Waals surface area contributed by atoms with Gasteiger partial charge in [-0.05, 0) is 31.3 Å². The standard InChI is InChI=1S/C18H15N5S2/c1-12-7-9-13(10-8-12)15-11-25-18-21-16(22-23(15)18)20-17(24)19-14-5-3-2-4-6-14/h2-11H,1H3,(H2,19,20,22,24). The predicted molar refractivity (Wildman–Crippen MR) is 107 cm³/mol. The van der Waals surface area contributed by atoms with Gasteiger partial charge in [-0.1, -0.05) is 48.0 Å². The molecule has 2 aromatic carbocycles. The van der Waals surface area contributed by atoms with Crippen LogP contribution >= 0.6 is 23.6 Å². The second-order valence-corrected chi connectivity index (χ2v) is 6.81. The molecule has 0 spiro atoms. The molecule has 0 amide bonds. The van der Waals surface area contributed by atoms with Gasteiger partial charge in [0.15, 0.2) is 5.11 Å². The molecule has 0 radical (unpaired) electrons. The van der Waals surface area contributed by atoms with E-state index in [1.807, 2.05) is 34.8 Å². The fourth-order valence-electron chi connectivity index (χ4n) is 2.44. The van der Waals surface area contributed by atoms with Crippen molar-refractivity contribution in [3.63, 3.8) is 0 Å². The lowest BCUT2D eigenvalue weighted by Gasteiger charge is -2.07. The van der Waals surface area contributed by atoms with E-state index in [-0.39, 0.29) is 0 Å². The Balaban J connectivity index is 1.55. The maximum absolute atomic E-state index is 5.33. The quantitative estimate of drug-likeness (QED) is 0.521. The number of para-hydroxylation sites is 1. The average molecular weight is 365 g/mol. The average Bonchev–Trinajstić information content (AvgIpc) is 3.16. The van der Waals surface area contributed by atoms with Crippen molar-refractivity contribution < 1.29 is 0 Å². The molecule has 25 heavy (non-hydrogen) atoms. The van der Waals surface area contributed by atoms with Gasteiger partial charge in [0.25, 0.3) is 0 Å². The number of anilines is 2. The molecule has 0 atom stereocenters. The summed E-state index contributed by atoms with van der Waals surface area (Å²) >= 11 is 6.88. The van der Waals surface area contributed by atoms with E-state index in [9.17, 15) is 0 Å². The monoisotopic (exact) mass is 365 g/mol. The van der Waals surface area contributed by atoms with Crippen LogP contribution in [0.4, 0.5) is 11.6 Å². The first-order valence-electron chi connectivity index (χ1n) is 7.73. The Hall–Kier alpha value is -2.77. The van der Waals surface area contributed by atoms with E-state index in [1.165, 1.54) is 5.56 Å². The molecular weight excluding hydrogens is 350 g/mol. The van der Waals surface area contributed by atoms with E-state index in [2.05, 4.69) is 57.3 Å². The van der Waals surface area contributed by atoms with Crippen molar-refractivity contribution in [1.82, 2.24) is 14.6 Å². The highest BCUT2D eigenvalue weighted by molar-refractivity contribution is 7.80. The molecule has 0 aliphatic carbocycles. The van der Waals surface area contributed by atoms with Crippen molar-refractivity contribution in [2.75, 3.05) is 10.6 Å². The van der Waals surface area contributed by atoms with E-state index in [0.717, 1.165) is 21.9 Å². The predicted octanol–water partition coefficient (Wildman–Crippen LogP) is 4.58. The summed E-state index contributed by atoms with van der Waals surface area (Å²) in [6.45, 7) is 2.07. The Morgan fingerprint density at radius 3 is 2.56 bits per heavy atom. The Kier molecular flexibility index (Phi) is 4.17. The zero-order chi connectivity index (χ0) is 17.2. The van der Waals surface area contributed by atoms with Gasteiger partial charge in [-0.2, -0.15) is 4.98 Å². The molecule has 2 aromatic heterocycles. The summed E-state index contributed by atoms with van der Waals surface area (Å²) < 4.78 is 1.84. The number of rotatable bonds is 3. The highest BCUT2D eigenvalue weighted by Crippen LogP contribution is 2.26. The fraction of sp³-hybridized carbons (Fsp3) is 0.0556. The highest BCUT2D eigenvalue weighted by Gasteiger charge is 2.12. The van der Waals surface area contributed by atoms with Crippen LogP contribution in [0, 0.1) is 6.92 Å². The molecule has 2 N–H and O–H groups in total. The molecule has 2 heterocycles. The minimum absolute atomic E-state index is 0.460. The lowest BCUT2D eigenvalue weighted by atomic mass is 10.1. The molecule has 0 unspecified atom stereocenters. The van der Waals surface area contributed by atoms with Crippen LogP contribution in [-0.2, 0) is 0 Å². The molecule has 0 aliphatic rings. The molecule has 0 saturated heterocycles. The van der Waals surface area contributed by atoms with Crippen LogP contribution in [0.3, 0.4) is 0 Å². The molecule has 0 saturated carbocycles. The summed E-state index contributed by atoms with van der Waals surface area (Å²) in [7, 11) is 0. The number of nitrogens with zero attached hydrogens (tertiary/aromatic N) is 3. The summed E-state index contributed by atoms with van der Waals surface area (Å²) in [5.41, 5.74) is 4.27. The maximum Gasteiger partial charge on any atom is 0.250 e. The second-order valence-electron chi connectivity index (χ2n) is 5.56. The number of aryl methyl sites for hydroxylation is 1. The number of benzene rings is 2. The molecule has 0 aliphatic heterocycles. The van der Waals surface area contributed by atoms with Crippen LogP contribution in [0.25, 0.3) is 16.2 Å². The molecule has 0 bridgehead atoms. The molecule has 5 nitrogen and oxygen atoms in total. The van der Waals surface area contributed by atoms with Gasteiger partial charge < -0.3 is 5.32 Å². The number of fused-ring (bicyclic) bond motifs is 1. The van der Waals surface area contributed by atoms with E-state index in [0.29, 0.717) is 11.1 Å². The molecule has 7 heteroatoms. The minimum Gasteiger partial charge on any atom is -0.332 e. The van der Waals surface area contributed by atoms with Crippen molar-refractivity contribution in [1.29, 1.82) is 0 Å². The van der Waals surface area contributed by atoms with E-state index in [1.54, 1.807) is 11.3 Å². The third-order valence-electron chi connectivity index (χ3n) is 3.69. The summed E-state index contributed by atoms with van der Waals surface area (Å²) in [5.74, 6) is 0.480. The van der Waals surface area contributed by atoms with Gasteiger partial charge in [0.1, 0.15) is 0 Å². The van der Waals surface area contributed by atoms with Gasteiger partial charge in [0, 0.05) is 16.6 Å². The summed E-state index contributed by atoms with van der Waals surface area (Å²) in [5, 5.41) is 13.2. The third-order valence-corrected chi connectivity index (χ3v) is 4.71. The Morgan fingerprint density at radius 1 is 1.04 bits per heavy atom. The lowest BCUT2D eigenvalue weighted by molar-refractivity contribution is 0.990. The molecule has 4 aromatic rings. The highest BCUT2D eigenvalue weighted by atomic mass is 32.1. The number of thiazole rings is 1.